The van der Waals surface area contributed by atoms with E-state index in [1.807, 2.05) is 12.1 Å². The van der Waals surface area contributed by atoms with Gasteiger partial charge in [-0.15, -0.1) is 0 Å². The molecule has 4 saturated carbocycles. The zero-order valence-corrected chi connectivity index (χ0v) is 16.8. The van der Waals surface area contributed by atoms with Crippen LogP contribution in [-0.2, 0) is 15.0 Å². The molecule has 5 rings (SSSR count). The Kier molecular flexibility index (Phi) is 4.77. The van der Waals surface area contributed by atoms with E-state index >= 15 is 0 Å². The van der Waals surface area contributed by atoms with Crippen LogP contribution in [-0.4, -0.2) is 24.3 Å². The maximum Gasteiger partial charge on any atom is 0.261 e. The van der Waals surface area contributed by atoms with Gasteiger partial charge in [0.2, 0.25) is 0 Å². The van der Waals surface area contributed by atoms with Gasteiger partial charge in [0.1, 0.15) is 0 Å². The summed E-state index contributed by atoms with van der Waals surface area (Å²) in [6.07, 6.45) is 9.29. The lowest BCUT2D eigenvalue weighted by Crippen LogP contribution is -2.60. The van der Waals surface area contributed by atoms with Crippen LogP contribution < -0.4 is 5.32 Å². The van der Waals surface area contributed by atoms with E-state index in [0.29, 0.717) is 0 Å². The maximum absolute atomic E-state index is 12.4. The SMILES string of the molecule is CC(C)(C)c1ccc(/C=N\OCC(=O)NC23CC4CC(CC(C4)C2)C3)cc1. The number of nitrogens with zero attached hydrogens (tertiary/aromatic N) is 1. The van der Waals surface area contributed by atoms with Crippen LogP contribution >= 0.6 is 0 Å². The summed E-state index contributed by atoms with van der Waals surface area (Å²) in [5.41, 5.74) is 2.45. The molecule has 4 aliphatic rings. The number of hydrogen-bond acceptors (Lipinski definition) is 3. The largest absolute Gasteiger partial charge is 0.386 e. The van der Waals surface area contributed by atoms with Gasteiger partial charge < -0.3 is 10.2 Å². The number of benzene rings is 1. The first-order valence-corrected chi connectivity index (χ1v) is 10.4. The van der Waals surface area contributed by atoms with Gasteiger partial charge >= 0.3 is 0 Å². The molecule has 4 aliphatic carbocycles. The molecule has 0 unspecified atom stereocenters. The standard InChI is InChI=1S/C23H32N2O2/c1-22(2,3)20-6-4-16(5-7-20)14-24-27-15-21(26)25-23-11-17-8-18(12-23)10-19(9-17)13-23/h4-7,14,17-19H,8-13,15H2,1-3H3,(H,25,26)/b24-14-. The van der Waals surface area contributed by atoms with E-state index in [1.165, 1.54) is 24.8 Å². The Morgan fingerprint density at radius 1 is 1.11 bits per heavy atom. The summed E-state index contributed by atoms with van der Waals surface area (Å²) in [5, 5.41) is 7.29. The zero-order valence-electron chi connectivity index (χ0n) is 16.8. The molecule has 0 radical (unpaired) electrons. The molecular weight excluding hydrogens is 336 g/mol. The second kappa shape index (κ2) is 6.96. The van der Waals surface area contributed by atoms with E-state index < -0.39 is 0 Å². The molecule has 0 heterocycles. The molecule has 0 aromatic heterocycles. The van der Waals surface area contributed by atoms with Gasteiger partial charge in [-0.2, -0.15) is 0 Å². The van der Waals surface area contributed by atoms with E-state index in [2.05, 4.69) is 43.4 Å². The Morgan fingerprint density at radius 2 is 1.67 bits per heavy atom. The van der Waals surface area contributed by atoms with Crippen molar-refractivity contribution in [2.45, 2.75) is 70.3 Å². The highest BCUT2D eigenvalue weighted by Crippen LogP contribution is 2.55. The molecule has 0 saturated heterocycles. The molecule has 1 N–H and O–H groups in total. The molecule has 4 fully saturated rings. The van der Waals surface area contributed by atoms with E-state index in [-0.39, 0.29) is 23.5 Å². The summed E-state index contributed by atoms with van der Waals surface area (Å²) in [4.78, 5) is 17.7. The van der Waals surface area contributed by atoms with Crippen molar-refractivity contribution in [3.63, 3.8) is 0 Å². The second-order valence-corrected chi connectivity index (χ2v) is 10.1. The van der Waals surface area contributed by atoms with Crippen LogP contribution in [0.15, 0.2) is 29.4 Å². The predicted octanol–water partition coefficient (Wildman–Crippen LogP) is 4.42. The van der Waals surface area contributed by atoms with E-state index in [1.54, 1.807) is 6.21 Å². The quantitative estimate of drug-likeness (QED) is 0.618. The average molecular weight is 369 g/mol. The van der Waals surface area contributed by atoms with Gasteiger partial charge in [-0.05, 0) is 72.8 Å². The van der Waals surface area contributed by atoms with Crippen molar-refractivity contribution in [3.8, 4) is 0 Å². The lowest BCUT2D eigenvalue weighted by Gasteiger charge is -2.56. The van der Waals surface area contributed by atoms with Gasteiger partial charge in [0, 0.05) is 5.54 Å². The molecule has 0 aliphatic heterocycles. The second-order valence-electron chi connectivity index (χ2n) is 10.1. The summed E-state index contributed by atoms with van der Waals surface area (Å²) in [5.74, 6) is 2.45. The van der Waals surface area contributed by atoms with Gasteiger partial charge in [-0.3, -0.25) is 4.79 Å². The number of hydrogen-bond donors (Lipinski definition) is 1. The molecule has 1 aromatic rings. The van der Waals surface area contributed by atoms with E-state index in [9.17, 15) is 4.79 Å². The first-order valence-electron chi connectivity index (χ1n) is 10.4. The summed E-state index contributed by atoms with van der Waals surface area (Å²) in [6.45, 7) is 6.59. The van der Waals surface area contributed by atoms with Crippen LogP contribution in [0.5, 0.6) is 0 Å². The first kappa shape index (κ1) is 18.5. The molecule has 4 bridgehead atoms. The number of amides is 1. The Labute approximate surface area is 162 Å². The Balaban J connectivity index is 1.26. The lowest BCUT2D eigenvalue weighted by atomic mass is 9.53. The number of rotatable bonds is 5. The van der Waals surface area contributed by atoms with Crippen LogP contribution in [0.4, 0.5) is 0 Å². The van der Waals surface area contributed by atoms with Crippen molar-refractivity contribution >= 4 is 12.1 Å². The highest BCUT2D eigenvalue weighted by atomic mass is 16.6. The van der Waals surface area contributed by atoms with Crippen molar-refractivity contribution in [1.29, 1.82) is 0 Å². The third-order valence-corrected chi connectivity index (χ3v) is 6.69. The minimum Gasteiger partial charge on any atom is -0.386 e. The topological polar surface area (TPSA) is 50.7 Å². The fourth-order valence-electron chi connectivity index (χ4n) is 5.86. The minimum absolute atomic E-state index is 0.00166. The summed E-state index contributed by atoms with van der Waals surface area (Å²) < 4.78 is 0. The van der Waals surface area contributed by atoms with Gasteiger partial charge in [0.05, 0.1) is 6.21 Å². The van der Waals surface area contributed by atoms with Crippen molar-refractivity contribution in [2.75, 3.05) is 6.61 Å². The van der Waals surface area contributed by atoms with E-state index in [0.717, 1.165) is 42.6 Å². The van der Waals surface area contributed by atoms with Crippen LogP contribution in [0.3, 0.4) is 0 Å². The fraction of sp³-hybridized carbons (Fsp3) is 0.652. The minimum atomic E-state index is -0.0304. The number of carbonyl (C=O) groups excluding carboxylic acids is 1. The summed E-state index contributed by atoms with van der Waals surface area (Å²) in [7, 11) is 0. The van der Waals surface area contributed by atoms with E-state index in [4.69, 9.17) is 4.84 Å². The highest BCUT2D eigenvalue weighted by Gasteiger charge is 2.51. The average Bonchev–Trinajstić information content (AvgIpc) is 2.57. The van der Waals surface area contributed by atoms with Crippen LogP contribution in [0.2, 0.25) is 0 Å². The fourth-order valence-corrected chi connectivity index (χ4v) is 5.86. The van der Waals surface area contributed by atoms with Crippen molar-refractivity contribution in [3.05, 3.63) is 35.4 Å². The van der Waals surface area contributed by atoms with Crippen LogP contribution in [0, 0.1) is 17.8 Å². The Hall–Kier alpha value is -1.84. The Morgan fingerprint density at radius 3 is 2.19 bits per heavy atom. The predicted molar refractivity (Wildman–Crippen MR) is 108 cm³/mol. The molecule has 0 atom stereocenters. The third-order valence-electron chi connectivity index (χ3n) is 6.69. The molecular formula is C23H32N2O2. The molecule has 1 amide bonds. The summed E-state index contributed by atoms with van der Waals surface area (Å²) >= 11 is 0. The van der Waals surface area contributed by atoms with Gasteiger partial charge in [0.25, 0.3) is 5.91 Å². The molecule has 4 heteroatoms. The van der Waals surface area contributed by atoms with Crippen LogP contribution in [0.25, 0.3) is 0 Å². The van der Waals surface area contributed by atoms with Crippen molar-refractivity contribution < 1.29 is 9.63 Å². The number of oxime groups is 1. The molecule has 27 heavy (non-hydrogen) atoms. The van der Waals surface area contributed by atoms with Crippen molar-refractivity contribution in [2.24, 2.45) is 22.9 Å². The maximum atomic E-state index is 12.4. The number of carbonyl (C=O) groups is 1. The Bertz CT molecular complexity index is 680. The first-order chi connectivity index (χ1) is 12.8. The molecule has 146 valence electrons. The summed E-state index contributed by atoms with van der Waals surface area (Å²) in [6, 6.07) is 8.29. The smallest absolute Gasteiger partial charge is 0.261 e. The van der Waals surface area contributed by atoms with Gasteiger partial charge in [-0.25, -0.2) is 0 Å². The van der Waals surface area contributed by atoms with Crippen LogP contribution in [0.1, 0.15) is 70.4 Å². The molecule has 1 aromatic carbocycles. The zero-order chi connectivity index (χ0) is 19.1. The van der Waals surface area contributed by atoms with Gasteiger partial charge in [0.15, 0.2) is 6.61 Å². The lowest BCUT2D eigenvalue weighted by molar-refractivity contribution is -0.131. The monoisotopic (exact) mass is 368 g/mol. The molecule has 0 spiro atoms. The molecule has 4 nitrogen and oxygen atoms in total. The number of nitrogens with one attached hydrogen (secondary N) is 1. The van der Waals surface area contributed by atoms with Crippen molar-refractivity contribution in [1.82, 2.24) is 5.32 Å². The highest BCUT2D eigenvalue weighted by molar-refractivity contribution is 5.80. The van der Waals surface area contributed by atoms with Gasteiger partial charge in [-0.1, -0.05) is 50.2 Å². The normalized spacial score (nSPS) is 32.0. The third kappa shape index (κ3) is 4.20.